The van der Waals surface area contributed by atoms with E-state index in [0.29, 0.717) is 12.8 Å². The number of carboxylic acids is 1. The maximum atomic E-state index is 12.2. The van der Waals surface area contributed by atoms with Gasteiger partial charge in [-0.15, -0.1) is 0 Å². The van der Waals surface area contributed by atoms with Gasteiger partial charge in [0.05, 0.1) is 0 Å². The van der Waals surface area contributed by atoms with Crippen molar-refractivity contribution in [1.29, 1.82) is 0 Å². The minimum atomic E-state index is -1.32. The zero-order valence-corrected chi connectivity index (χ0v) is 15.0. The van der Waals surface area contributed by atoms with Crippen molar-refractivity contribution in [2.45, 2.75) is 38.1 Å². The Hall–Kier alpha value is -2.82. The highest BCUT2D eigenvalue weighted by atomic mass is 16.5. The summed E-state index contributed by atoms with van der Waals surface area (Å²) in [5.41, 5.74) is 3.22. The normalized spacial score (nSPS) is 14.8. The number of carbonyl (C=O) groups excluding carboxylic acids is 1. The number of fused-ring (bicyclic) bond motifs is 3. The van der Waals surface area contributed by atoms with Gasteiger partial charge in [0.25, 0.3) is 0 Å². The van der Waals surface area contributed by atoms with Gasteiger partial charge in [0, 0.05) is 5.92 Å². The highest BCUT2D eigenvalue weighted by Gasteiger charge is 2.35. The Kier molecular flexibility index (Phi) is 4.98. The number of carboxylic acid groups (broad SMARTS) is 1. The number of aliphatic carboxylic acids is 1. The van der Waals surface area contributed by atoms with Crippen molar-refractivity contribution in [3.8, 4) is 11.1 Å². The summed E-state index contributed by atoms with van der Waals surface area (Å²) in [4.78, 5) is 23.7. The van der Waals surface area contributed by atoms with E-state index in [4.69, 9.17) is 4.74 Å². The number of benzene rings is 2. The summed E-state index contributed by atoms with van der Waals surface area (Å²) in [5, 5.41) is 11.9. The fraction of sp³-hybridized carbons (Fsp3) is 0.333. The van der Waals surface area contributed by atoms with Crippen LogP contribution >= 0.6 is 0 Å². The molecule has 0 saturated heterocycles. The first-order valence-electron chi connectivity index (χ1n) is 8.83. The Morgan fingerprint density at radius 3 is 2.12 bits per heavy atom. The Bertz CT molecular complexity index is 787. The largest absolute Gasteiger partial charge is 0.480 e. The van der Waals surface area contributed by atoms with E-state index in [2.05, 4.69) is 17.4 Å². The van der Waals surface area contributed by atoms with E-state index >= 15 is 0 Å². The molecule has 0 fully saturated rings. The molecule has 2 aromatic rings. The van der Waals surface area contributed by atoms with Crippen molar-refractivity contribution >= 4 is 12.1 Å². The zero-order chi connectivity index (χ0) is 18.7. The van der Waals surface area contributed by atoms with Crippen LogP contribution in [0, 0.1) is 0 Å². The van der Waals surface area contributed by atoms with Gasteiger partial charge in [0.2, 0.25) is 0 Å². The first kappa shape index (κ1) is 18.0. The van der Waals surface area contributed by atoms with E-state index in [9.17, 15) is 14.7 Å². The third-order valence-electron chi connectivity index (χ3n) is 4.94. The molecular formula is C21H23NO4. The molecule has 5 nitrogen and oxygen atoms in total. The SMILES string of the molecule is CCCC(C)(NC(=O)OCC1c2ccccc2-c2ccccc21)C(=O)O. The van der Waals surface area contributed by atoms with Crippen molar-refractivity contribution in [2.24, 2.45) is 0 Å². The fourth-order valence-electron chi connectivity index (χ4n) is 3.58. The number of hydrogen-bond donors (Lipinski definition) is 2. The zero-order valence-electron chi connectivity index (χ0n) is 15.0. The topological polar surface area (TPSA) is 75.6 Å². The molecule has 0 spiro atoms. The van der Waals surface area contributed by atoms with Crippen LogP contribution in [0.25, 0.3) is 11.1 Å². The highest BCUT2D eigenvalue weighted by Crippen LogP contribution is 2.44. The molecule has 0 bridgehead atoms. The molecule has 0 radical (unpaired) electrons. The lowest BCUT2D eigenvalue weighted by Gasteiger charge is -2.25. The molecule has 1 aliphatic rings. The van der Waals surface area contributed by atoms with Crippen molar-refractivity contribution in [1.82, 2.24) is 5.32 Å². The maximum Gasteiger partial charge on any atom is 0.408 e. The number of alkyl carbamates (subject to hydrolysis) is 1. The van der Waals surface area contributed by atoms with E-state index in [1.165, 1.54) is 6.92 Å². The average Bonchev–Trinajstić information content (AvgIpc) is 2.94. The second-order valence-corrected chi connectivity index (χ2v) is 6.84. The molecule has 1 aliphatic carbocycles. The molecule has 1 unspecified atom stereocenters. The lowest BCUT2D eigenvalue weighted by atomic mass is 9.96. The van der Waals surface area contributed by atoms with Crippen LogP contribution in [0.15, 0.2) is 48.5 Å². The Morgan fingerprint density at radius 1 is 1.08 bits per heavy atom. The Morgan fingerprint density at radius 2 is 1.62 bits per heavy atom. The molecule has 3 rings (SSSR count). The number of ether oxygens (including phenoxy) is 1. The lowest BCUT2D eigenvalue weighted by molar-refractivity contribution is -0.144. The summed E-state index contributed by atoms with van der Waals surface area (Å²) in [6, 6.07) is 16.2. The van der Waals surface area contributed by atoms with Crippen molar-refractivity contribution in [2.75, 3.05) is 6.61 Å². The van der Waals surface area contributed by atoms with E-state index in [0.717, 1.165) is 22.3 Å². The number of amides is 1. The van der Waals surface area contributed by atoms with Crippen molar-refractivity contribution in [3.05, 3.63) is 59.7 Å². The standard InChI is InChI=1S/C21H23NO4/c1-3-12-21(2,19(23)24)22-20(25)26-13-18-16-10-6-4-8-14(16)15-9-5-7-11-17(15)18/h4-11,18H,3,12-13H2,1-2H3,(H,22,25)(H,23,24). The molecule has 1 amide bonds. The second kappa shape index (κ2) is 7.20. The molecule has 2 aromatic carbocycles. The molecule has 0 heterocycles. The number of rotatable bonds is 6. The van der Waals surface area contributed by atoms with Crippen LogP contribution < -0.4 is 5.32 Å². The third kappa shape index (κ3) is 3.29. The lowest BCUT2D eigenvalue weighted by Crippen LogP contribution is -2.52. The smallest absolute Gasteiger partial charge is 0.408 e. The van der Waals surface area contributed by atoms with Gasteiger partial charge in [0.15, 0.2) is 0 Å². The van der Waals surface area contributed by atoms with Gasteiger partial charge in [-0.2, -0.15) is 0 Å². The van der Waals surface area contributed by atoms with Crippen LogP contribution in [0.3, 0.4) is 0 Å². The van der Waals surface area contributed by atoms with E-state index in [1.807, 2.05) is 43.3 Å². The van der Waals surface area contributed by atoms with Crippen molar-refractivity contribution < 1.29 is 19.4 Å². The predicted molar refractivity (Wildman–Crippen MR) is 99.2 cm³/mol. The van der Waals surface area contributed by atoms with Crippen LogP contribution in [0.4, 0.5) is 4.79 Å². The fourth-order valence-corrected chi connectivity index (χ4v) is 3.58. The van der Waals surface area contributed by atoms with Crippen LogP contribution in [-0.2, 0) is 9.53 Å². The van der Waals surface area contributed by atoms with Gasteiger partial charge in [-0.3, -0.25) is 0 Å². The number of nitrogens with one attached hydrogen (secondary N) is 1. The van der Waals surface area contributed by atoms with Gasteiger partial charge < -0.3 is 15.2 Å². The summed E-state index contributed by atoms with van der Waals surface area (Å²) in [6.07, 6.45) is 0.282. The molecule has 0 aliphatic heterocycles. The summed E-state index contributed by atoms with van der Waals surface area (Å²) in [7, 11) is 0. The third-order valence-corrected chi connectivity index (χ3v) is 4.94. The molecule has 2 N–H and O–H groups in total. The molecule has 136 valence electrons. The quantitative estimate of drug-likeness (QED) is 0.817. The van der Waals surface area contributed by atoms with Gasteiger partial charge in [-0.25, -0.2) is 9.59 Å². The maximum absolute atomic E-state index is 12.2. The van der Waals surface area contributed by atoms with Gasteiger partial charge >= 0.3 is 12.1 Å². The summed E-state index contributed by atoms with van der Waals surface area (Å²) in [6.45, 7) is 3.54. The molecule has 0 aromatic heterocycles. The highest BCUT2D eigenvalue weighted by molar-refractivity contribution is 5.84. The number of hydrogen-bond acceptors (Lipinski definition) is 3. The van der Waals surface area contributed by atoms with E-state index in [1.54, 1.807) is 0 Å². The van der Waals surface area contributed by atoms with Crippen LogP contribution in [-0.4, -0.2) is 29.3 Å². The van der Waals surface area contributed by atoms with E-state index in [-0.39, 0.29) is 12.5 Å². The molecule has 26 heavy (non-hydrogen) atoms. The van der Waals surface area contributed by atoms with Crippen LogP contribution in [0.1, 0.15) is 43.7 Å². The van der Waals surface area contributed by atoms with Gasteiger partial charge in [-0.1, -0.05) is 61.9 Å². The molecule has 5 heteroatoms. The minimum Gasteiger partial charge on any atom is -0.480 e. The van der Waals surface area contributed by atoms with Gasteiger partial charge in [-0.05, 0) is 35.6 Å². The van der Waals surface area contributed by atoms with Crippen LogP contribution in [0.2, 0.25) is 0 Å². The first-order chi connectivity index (χ1) is 12.5. The summed E-state index contributed by atoms with van der Waals surface area (Å²) < 4.78 is 5.42. The number of carbonyl (C=O) groups is 2. The monoisotopic (exact) mass is 353 g/mol. The molecular weight excluding hydrogens is 330 g/mol. The summed E-state index contributed by atoms with van der Waals surface area (Å²) >= 11 is 0. The average molecular weight is 353 g/mol. The summed E-state index contributed by atoms with van der Waals surface area (Å²) in [5.74, 6) is -1.11. The first-order valence-corrected chi connectivity index (χ1v) is 8.83. The predicted octanol–water partition coefficient (Wildman–Crippen LogP) is 4.17. The Labute approximate surface area is 153 Å². The van der Waals surface area contributed by atoms with Crippen LogP contribution in [0.5, 0.6) is 0 Å². The minimum absolute atomic E-state index is 0.0459. The second-order valence-electron chi connectivity index (χ2n) is 6.84. The Balaban J connectivity index is 1.74. The van der Waals surface area contributed by atoms with Crippen molar-refractivity contribution in [3.63, 3.8) is 0 Å². The molecule has 0 saturated carbocycles. The van der Waals surface area contributed by atoms with Gasteiger partial charge in [0.1, 0.15) is 12.1 Å². The molecule has 1 atom stereocenters. The van der Waals surface area contributed by atoms with E-state index < -0.39 is 17.6 Å².